The lowest BCUT2D eigenvalue weighted by Crippen LogP contribution is -2.52. The van der Waals surface area contributed by atoms with Crippen molar-refractivity contribution >= 4 is 24.3 Å². The minimum atomic E-state index is -0.414. The molecule has 0 aliphatic carbocycles. The molecule has 3 amide bonds. The third kappa shape index (κ3) is 6.07. The van der Waals surface area contributed by atoms with Crippen molar-refractivity contribution in [2.24, 2.45) is 5.92 Å². The Morgan fingerprint density at radius 3 is 2.70 bits per heavy atom. The van der Waals surface area contributed by atoms with Crippen LogP contribution < -0.4 is 16.0 Å². The van der Waals surface area contributed by atoms with Gasteiger partial charge in [-0.15, -0.1) is 12.4 Å². The van der Waals surface area contributed by atoms with Crippen LogP contribution in [-0.4, -0.2) is 56.1 Å². The summed E-state index contributed by atoms with van der Waals surface area (Å²) in [5, 5.41) is 8.13. The first-order chi connectivity index (χ1) is 9.08. The lowest BCUT2D eigenvalue weighted by Gasteiger charge is -2.35. The molecule has 0 aromatic carbocycles. The molecule has 1 fully saturated rings. The molecule has 6 nitrogen and oxygen atoms in total. The van der Waals surface area contributed by atoms with E-state index < -0.39 is 6.03 Å². The van der Waals surface area contributed by atoms with Gasteiger partial charge in [-0.3, -0.25) is 15.0 Å². The molecule has 0 aromatic rings. The number of amides is 3. The summed E-state index contributed by atoms with van der Waals surface area (Å²) in [6, 6.07) is -0.676. The van der Waals surface area contributed by atoms with Gasteiger partial charge in [-0.25, -0.2) is 4.79 Å². The number of nitrogens with one attached hydrogen (secondary N) is 3. The first-order valence-corrected chi connectivity index (χ1v) is 7.05. The Morgan fingerprint density at radius 2 is 2.10 bits per heavy atom. The molecule has 0 saturated carbocycles. The van der Waals surface area contributed by atoms with Gasteiger partial charge in [0.1, 0.15) is 0 Å². The molecule has 0 bridgehead atoms. The average Bonchev–Trinajstić information content (AvgIpc) is 2.38. The number of urea groups is 1. The number of piperidine rings is 1. The standard InChI is InChI=1S/C13H26N4O2.ClH/c1-4-15-13(19)16-12(18)10(2)17-7-5-6-11(9-17)8-14-3;/h10-11,14H,4-9H2,1-3H3,(H2,15,16,18,19);1H. The summed E-state index contributed by atoms with van der Waals surface area (Å²) < 4.78 is 0. The van der Waals surface area contributed by atoms with E-state index in [1.165, 1.54) is 6.42 Å². The van der Waals surface area contributed by atoms with Gasteiger partial charge in [-0.05, 0) is 52.7 Å². The molecule has 1 aliphatic rings. The fourth-order valence-corrected chi connectivity index (χ4v) is 2.49. The van der Waals surface area contributed by atoms with E-state index in [1.54, 1.807) is 0 Å². The van der Waals surface area contributed by atoms with Gasteiger partial charge in [0.2, 0.25) is 5.91 Å². The molecule has 1 aliphatic heterocycles. The van der Waals surface area contributed by atoms with Gasteiger partial charge in [-0.2, -0.15) is 0 Å². The smallest absolute Gasteiger partial charge is 0.321 e. The maximum atomic E-state index is 12.0. The van der Waals surface area contributed by atoms with Gasteiger partial charge in [0.15, 0.2) is 0 Å². The SMILES string of the molecule is CCNC(=O)NC(=O)C(C)N1CCCC(CNC)C1.Cl. The summed E-state index contributed by atoms with van der Waals surface area (Å²) in [6.07, 6.45) is 2.30. The van der Waals surface area contributed by atoms with Crippen LogP contribution in [0.3, 0.4) is 0 Å². The molecule has 1 rings (SSSR count). The molecular weight excluding hydrogens is 280 g/mol. The minimum Gasteiger partial charge on any atom is -0.338 e. The van der Waals surface area contributed by atoms with E-state index in [0.29, 0.717) is 12.5 Å². The Labute approximate surface area is 127 Å². The number of nitrogens with zero attached hydrogens (tertiary/aromatic N) is 1. The van der Waals surface area contributed by atoms with Crippen molar-refractivity contribution in [2.75, 3.05) is 33.2 Å². The van der Waals surface area contributed by atoms with Crippen molar-refractivity contribution in [3.05, 3.63) is 0 Å². The predicted molar refractivity (Wildman–Crippen MR) is 82.1 cm³/mol. The number of likely N-dealkylation sites (tertiary alicyclic amines) is 1. The van der Waals surface area contributed by atoms with Gasteiger partial charge in [-0.1, -0.05) is 0 Å². The van der Waals surface area contributed by atoms with E-state index in [4.69, 9.17) is 0 Å². The lowest BCUT2D eigenvalue weighted by molar-refractivity contribution is -0.125. The summed E-state index contributed by atoms with van der Waals surface area (Å²) in [7, 11) is 1.95. The molecule has 1 heterocycles. The zero-order valence-corrected chi connectivity index (χ0v) is 13.4. The number of halogens is 1. The second-order valence-electron chi connectivity index (χ2n) is 5.09. The van der Waals surface area contributed by atoms with Crippen LogP contribution in [0, 0.1) is 5.92 Å². The third-order valence-corrected chi connectivity index (χ3v) is 3.54. The maximum Gasteiger partial charge on any atom is 0.321 e. The van der Waals surface area contributed by atoms with Gasteiger partial charge in [0, 0.05) is 13.1 Å². The van der Waals surface area contributed by atoms with Crippen molar-refractivity contribution in [3.63, 3.8) is 0 Å². The Hall–Kier alpha value is -0.850. The summed E-state index contributed by atoms with van der Waals surface area (Å²) >= 11 is 0. The van der Waals surface area contributed by atoms with Crippen LogP contribution in [0.2, 0.25) is 0 Å². The van der Waals surface area contributed by atoms with Crippen molar-refractivity contribution < 1.29 is 9.59 Å². The molecule has 3 N–H and O–H groups in total. The zero-order valence-electron chi connectivity index (χ0n) is 12.6. The fraction of sp³-hybridized carbons (Fsp3) is 0.846. The van der Waals surface area contributed by atoms with E-state index in [9.17, 15) is 9.59 Å². The number of imide groups is 1. The van der Waals surface area contributed by atoms with E-state index in [2.05, 4.69) is 20.9 Å². The van der Waals surface area contributed by atoms with Crippen molar-refractivity contribution in [1.82, 2.24) is 20.9 Å². The van der Waals surface area contributed by atoms with E-state index in [1.807, 2.05) is 20.9 Å². The van der Waals surface area contributed by atoms with Crippen molar-refractivity contribution in [1.29, 1.82) is 0 Å². The van der Waals surface area contributed by atoms with E-state index in [0.717, 1.165) is 26.1 Å². The van der Waals surface area contributed by atoms with Gasteiger partial charge in [0.25, 0.3) is 0 Å². The van der Waals surface area contributed by atoms with Crippen molar-refractivity contribution in [3.8, 4) is 0 Å². The van der Waals surface area contributed by atoms with Crippen LogP contribution in [0.15, 0.2) is 0 Å². The number of carbonyl (C=O) groups is 2. The second-order valence-corrected chi connectivity index (χ2v) is 5.09. The monoisotopic (exact) mass is 306 g/mol. The van der Waals surface area contributed by atoms with Gasteiger partial charge < -0.3 is 10.6 Å². The highest BCUT2D eigenvalue weighted by Crippen LogP contribution is 2.17. The first-order valence-electron chi connectivity index (χ1n) is 7.05. The van der Waals surface area contributed by atoms with Gasteiger partial charge in [0.05, 0.1) is 6.04 Å². The first kappa shape index (κ1) is 19.1. The topological polar surface area (TPSA) is 73.5 Å². The predicted octanol–water partition coefficient (Wildman–Crippen LogP) is 0.574. The Balaban J connectivity index is 0.00000361. The highest BCUT2D eigenvalue weighted by atomic mass is 35.5. The molecule has 118 valence electrons. The van der Waals surface area contributed by atoms with Crippen LogP contribution in [0.4, 0.5) is 4.79 Å². The molecule has 1 saturated heterocycles. The molecular formula is C13H27ClN4O2. The van der Waals surface area contributed by atoms with Crippen LogP contribution in [0.5, 0.6) is 0 Å². The zero-order chi connectivity index (χ0) is 14.3. The van der Waals surface area contributed by atoms with E-state index in [-0.39, 0.29) is 24.4 Å². The molecule has 0 radical (unpaired) electrons. The Morgan fingerprint density at radius 1 is 1.40 bits per heavy atom. The van der Waals surface area contributed by atoms with Crippen LogP contribution in [-0.2, 0) is 4.79 Å². The quantitative estimate of drug-likeness (QED) is 0.694. The highest BCUT2D eigenvalue weighted by molar-refractivity contribution is 5.96. The van der Waals surface area contributed by atoms with Crippen LogP contribution in [0.25, 0.3) is 0 Å². The molecule has 2 unspecified atom stereocenters. The fourth-order valence-electron chi connectivity index (χ4n) is 2.49. The molecule has 0 aromatic heterocycles. The van der Waals surface area contributed by atoms with Crippen LogP contribution >= 0.6 is 12.4 Å². The maximum absolute atomic E-state index is 12.0. The molecule has 20 heavy (non-hydrogen) atoms. The number of hydrogen-bond donors (Lipinski definition) is 3. The molecule has 7 heteroatoms. The molecule has 2 atom stereocenters. The number of carbonyl (C=O) groups excluding carboxylic acids is 2. The average molecular weight is 307 g/mol. The summed E-state index contributed by atoms with van der Waals surface area (Å²) in [6.45, 7) is 6.99. The Kier molecular flexibility index (Phi) is 9.54. The Bertz CT molecular complexity index is 313. The number of rotatable bonds is 5. The van der Waals surface area contributed by atoms with Crippen LogP contribution in [0.1, 0.15) is 26.7 Å². The van der Waals surface area contributed by atoms with Gasteiger partial charge >= 0.3 is 6.03 Å². The lowest BCUT2D eigenvalue weighted by atomic mass is 9.97. The molecule has 0 spiro atoms. The highest BCUT2D eigenvalue weighted by Gasteiger charge is 2.27. The number of hydrogen-bond acceptors (Lipinski definition) is 4. The summed E-state index contributed by atoms with van der Waals surface area (Å²) in [5.41, 5.74) is 0. The normalized spacial score (nSPS) is 20.6. The summed E-state index contributed by atoms with van der Waals surface area (Å²) in [4.78, 5) is 25.5. The third-order valence-electron chi connectivity index (χ3n) is 3.54. The minimum absolute atomic E-state index is 0. The summed E-state index contributed by atoms with van der Waals surface area (Å²) in [5.74, 6) is 0.356. The largest absolute Gasteiger partial charge is 0.338 e. The van der Waals surface area contributed by atoms with E-state index >= 15 is 0 Å². The van der Waals surface area contributed by atoms with Crippen molar-refractivity contribution in [2.45, 2.75) is 32.7 Å². The second kappa shape index (κ2) is 9.96.